The maximum atomic E-state index is 5.27. The van der Waals surface area contributed by atoms with Gasteiger partial charge in [0.15, 0.2) is 0 Å². The van der Waals surface area contributed by atoms with Gasteiger partial charge in [-0.05, 0) is 25.7 Å². The second kappa shape index (κ2) is 6.70. The minimum atomic E-state index is 0.497. The SMILES string of the molecule is COc1ncnc(OC)c1CN[C@@H](C)C1CCCC1. The van der Waals surface area contributed by atoms with Crippen LogP contribution in [0.5, 0.6) is 11.8 Å². The number of rotatable bonds is 6. The highest BCUT2D eigenvalue weighted by molar-refractivity contribution is 5.34. The summed E-state index contributed by atoms with van der Waals surface area (Å²) in [5, 5.41) is 3.55. The van der Waals surface area contributed by atoms with Gasteiger partial charge in [-0.15, -0.1) is 0 Å². The van der Waals surface area contributed by atoms with Crippen LogP contribution in [0.15, 0.2) is 6.33 Å². The van der Waals surface area contributed by atoms with E-state index < -0.39 is 0 Å². The van der Waals surface area contributed by atoms with Gasteiger partial charge < -0.3 is 14.8 Å². The Bertz CT molecular complexity index is 383. The van der Waals surface area contributed by atoms with Crippen LogP contribution in [0.1, 0.15) is 38.2 Å². The molecule has 0 saturated heterocycles. The Morgan fingerprint density at radius 3 is 2.32 bits per heavy atom. The third-order valence-electron chi connectivity index (χ3n) is 3.96. The molecule has 1 N–H and O–H groups in total. The molecule has 1 aliphatic carbocycles. The molecule has 5 heteroatoms. The summed E-state index contributed by atoms with van der Waals surface area (Å²) in [6.45, 7) is 2.92. The number of aromatic nitrogens is 2. The number of hydrogen-bond acceptors (Lipinski definition) is 5. The van der Waals surface area contributed by atoms with Crippen LogP contribution in [0.4, 0.5) is 0 Å². The average molecular weight is 265 g/mol. The molecule has 106 valence electrons. The van der Waals surface area contributed by atoms with E-state index in [2.05, 4.69) is 22.2 Å². The largest absolute Gasteiger partial charge is 0.481 e. The molecular formula is C14H23N3O2. The first kappa shape index (κ1) is 14.1. The molecule has 0 unspecified atom stereocenters. The highest BCUT2D eigenvalue weighted by Gasteiger charge is 2.22. The lowest BCUT2D eigenvalue weighted by Crippen LogP contribution is -2.32. The Morgan fingerprint density at radius 2 is 1.79 bits per heavy atom. The summed E-state index contributed by atoms with van der Waals surface area (Å²) in [6.07, 6.45) is 6.83. The molecule has 0 aromatic carbocycles. The maximum Gasteiger partial charge on any atom is 0.224 e. The fourth-order valence-electron chi connectivity index (χ4n) is 2.77. The van der Waals surface area contributed by atoms with Crippen LogP contribution >= 0.6 is 0 Å². The van der Waals surface area contributed by atoms with Gasteiger partial charge in [-0.3, -0.25) is 0 Å². The van der Waals surface area contributed by atoms with E-state index in [0.29, 0.717) is 24.3 Å². The van der Waals surface area contributed by atoms with Crippen LogP contribution in [0.25, 0.3) is 0 Å². The van der Waals surface area contributed by atoms with Gasteiger partial charge in [-0.1, -0.05) is 12.8 Å². The van der Waals surface area contributed by atoms with E-state index in [9.17, 15) is 0 Å². The molecular weight excluding hydrogens is 242 g/mol. The lowest BCUT2D eigenvalue weighted by atomic mass is 10.00. The number of ether oxygens (including phenoxy) is 2. The van der Waals surface area contributed by atoms with Crippen LogP contribution in [0, 0.1) is 5.92 Å². The summed E-state index contributed by atoms with van der Waals surface area (Å²) in [6, 6.07) is 0.497. The first-order chi connectivity index (χ1) is 9.26. The summed E-state index contributed by atoms with van der Waals surface area (Å²) < 4.78 is 10.5. The molecule has 1 aromatic heterocycles. The molecule has 0 spiro atoms. The van der Waals surface area contributed by atoms with Crippen molar-refractivity contribution in [3.8, 4) is 11.8 Å². The zero-order valence-corrected chi connectivity index (χ0v) is 12.0. The molecule has 5 nitrogen and oxygen atoms in total. The molecule has 1 atom stereocenters. The molecule has 1 saturated carbocycles. The van der Waals surface area contributed by atoms with Crippen LogP contribution in [0.2, 0.25) is 0 Å². The van der Waals surface area contributed by atoms with E-state index in [1.165, 1.54) is 32.0 Å². The molecule has 1 fully saturated rings. The van der Waals surface area contributed by atoms with Crippen LogP contribution < -0.4 is 14.8 Å². The smallest absolute Gasteiger partial charge is 0.224 e. The van der Waals surface area contributed by atoms with Crippen molar-refractivity contribution in [2.75, 3.05) is 14.2 Å². The number of nitrogens with one attached hydrogen (secondary N) is 1. The summed E-state index contributed by atoms with van der Waals surface area (Å²) in [5.74, 6) is 1.94. The van der Waals surface area contributed by atoms with E-state index in [4.69, 9.17) is 9.47 Å². The molecule has 0 amide bonds. The predicted molar refractivity (Wildman–Crippen MR) is 73.4 cm³/mol. The van der Waals surface area contributed by atoms with Crippen molar-refractivity contribution in [1.82, 2.24) is 15.3 Å². The van der Waals surface area contributed by atoms with Gasteiger partial charge >= 0.3 is 0 Å². The van der Waals surface area contributed by atoms with Crippen molar-refractivity contribution in [3.63, 3.8) is 0 Å². The number of methoxy groups -OCH3 is 2. The van der Waals surface area contributed by atoms with E-state index >= 15 is 0 Å². The van der Waals surface area contributed by atoms with Gasteiger partial charge in [0.1, 0.15) is 6.33 Å². The number of hydrogen-bond donors (Lipinski definition) is 1. The fraction of sp³-hybridized carbons (Fsp3) is 0.714. The quantitative estimate of drug-likeness (QED) is 0.854. The lowest BCUT2D eigenvalue weighted by molar-refractivity contribution is 0.344. The Labute approximate surface area is 114 Å². The summed E-state index contributed by atoms with van der Waals surface area (Å²) in [4.78, 5) is 8.26. The monoisotopic (exact) mass is 265 g/mol. The second-order valence-corrected chi connectivity index (χ2v) is 5.08. The highest BCUT2D eigenvalue weighted by atomic mass is 16.5. The Hall–Kier alpha value is -1.36. The molecule has 0 bridgehead atoms. The van der Waals surface area contributed by atoms with Gasteiger partial charge in [0.05, 0.1) is 19.8 Å². The Morgan fingerprint density at radius 1 is 1.21 bits per heavy atom. The average Bonchev–Trinajstić information content (AvgIpc) is 2.98. The lowest BCUT2D eigenvalue weighted by Gasteiger charge is -2.21. The molecule has 2 rings (SSSR count). The van der Waals surface area contributed by atoms with E-state index in [1.807, 2.05) is 0 Å². The van der Waals surface area contributed by atoms with Crippen molar-refractivity contribution in [2.24, 2.45) is 5.92 Å². The first-order valence-electron chi connectivity index (χ1n) is 6.91. The van der Waals surface area contributed by atoms with Crippen molar-refractivity contribution in [3.05, 3.63) is 11.9 Å². The van der Waals surface area contributed by atoms with Gasteiger partial charge in [-0.2, -0.15) is 0 Å². The third-order valence-corrected chi connectivity index (χ3v) is 3.96. The maximum absolute atomic E-state index is 5.27. The Balaban J connectivity index is 2.01. The van der Waals surface area contributed by atoms with Crippen LogP contribution in [0.3, 0.4) is 0 Å². The molecule has 0 radical (unpaired) electrons. The summed E-state index contributed by atoms with van der Waals surface area (Å²) in [5.41, 5.74) is 0.886. The first-order valence-corrected chi connectivity index (χ1v) is 6.91. The van der Waals surface area contributed by atoms with Crippen molar-refractivity contribution >= 4 is 0 Å². The standard InChI is InChI=1S/C14H23N3O2/c1-10(11-6-4-5-7-11)15-8-12-13(18-2)16-9-17-14(12)19-3/h9-11,15H,4-8H2,1-3H3/t10-/m0/s1. The minimum absolute atomic E-state index is 0.497. The molecule has 0 aliphatic heterocycles. The summed E-state index contributed by atoms with van der Waals surface area (Å²) in [7, 11) is 3.23. The highest BCUT2D eigenvalue weighted by Crippen LogP contribution is 2.28. The van der Waals surface area contributed by atoms with Crippen LogP contribution in [-0.2, 0) is 6.54 Å². The summed E-state index contributed by atoms with van der Waals surface area (Å²) >= 11 is 0. The normalized spacial score (nSPS) is 17.4. The minimum Gasteiger partial charge on any atom is -0.481 e. The van der Waals surface area contributed by atoms with Gasteiger partial charge in [0, 0.05) is 12.6 Å². The van der Waals surface area contributed by atoms with Gasteiger partial charge in [0.25, 0.3) is 0 Å². The van der Waals surface area contributed by atoms with Crippen LogP contribution in [-0.4, -0.2) is 30.2 Å². The zero-order chi connectivity index (χ0) is 13.7. The van der Waals surface area contributed by atoms with Crippen molar-refractivity contribution in [2.45, 2.75) is 45.2 Å². The van der Waals surface area contributed by atoms with Crippen molar-refractivity contribution < 1.29 is 9.47 Å². The number of nitrogens with zero attached hydrogens (tertiary/aromatic N) is 2. The van der Waals surface area contributed by atoms with Gasteiger partial charge in [-0.25, -0.2) is 9.97 Å². The van der Waals surface area contributed by atoms with Crippen molar-refractivity contribution in [1.29, 1.82) is 0 Å². The molecule has 1 heterocycles. The fourth-order valence-corrected chi connectivity index (χ4v) is 2.77. The predicted octanol–water partition coefficient (Wildman–Crippen LogP) is 2.16. The zero-order valence-electron chi connectivity index (χ0n) is 12.0. The molecule has 1 aromatic rings. The van der Waals surface area contributed by atoms with E-state index in [-0.39, 0.29) is 0 Å². The second-order valence-electron chi connectivity index (χ2n) is 5.08. The third kappa shape index (κ3) is 3.35. The molecule has 1 aliphatic rings. The molecule has 19 heavy (non-hydrogen) atoms. The van der Waals surface area contributed by atoms with Gasteiger partial charge in [0.2, 0.25) is 11.8 Å². The van der Waals surface area contributed by atoms with E-state index in [0.717, 1.165) is 11.5 Å². The Kier molecular flexibility index (Phi) is 4.96. The topological polar surface area (TPSA) is 56.3 Å². The van der Waals surface area contributed by atoms with E-state index in [1.54, 1.807) is 14.2 Å².